The molecule has 6 heteroatoms. The Hall–Kier alpha value is -1.85. The number of nitrogens with zero attached hydrogens (tertiary/aromatic N) is 2. The van der Waals surface area contributed by atoms with Gasteiger partial charge in [0.1, 0.15) is 0 Å². The van der Waals surface area contributed by atoms with Crippen molar-refractivity contribution in [1.29, 1.82) is 0 Å². The van der Waals surface area contributed by atoms with Crippen LogP contribution in [-0.2, 0) is 0 Å². The van der Waals surface area contributed by atoms with Gasteiger partial charge in [-0.05, 0) is 44.7 Å². The molecule has 0 spiro atoms. The molecule has 0 fully saturated rings. The van der Waals surface area contributed by atoms with Crippen LogP contribution in [0.5, 0.6) is 0 Å². The zero-order valence-electron chi connectivity index (χ0n) is 15.7. The van der Waals surface area contributed by atoms with Crippen molar-refractivity contribution in [2.24, 2.45) is 11.7 Å². The standard InChI is InChI=1S/C19H28N4O.ClH/c1-13(2)10-19(5,12-20)22-18(24)16-11-21-23(15(16)4)17-9-7-6-8-14(17)3;/h6-9,11,13H,10,12,20H2,1-5H3,(H,22,24);1H. The molecule has 1 aromatic heterocycles. The van der Waals surface area contributed by atoms with E-state index in [0.717, 1.165) is 23.4 Å². The van der Waals surface area contributed by atoms with Gasteiger partial charge in [-0.1, -0.05) is 32.0 Å². The van der Waals surface area contributed by atoms with Crippen molar-refractivity contribution >= 4 is 18.3 Å². The van der Waals surface area contributed by atoms with E-state index >= 15 is 0 Å². The van der Waals surface area contributed by atoms with Crippen molar-refractivity contribution in [2.45, 2.75) is 46.6 Å². The molecule has 0 aliphatic carbocycles. The van der Waals surface area contributed by atoms with Gasteiger partial charge in [0, 0.05) is 12.1 Å². The lowest BCUT2D eigenvalue weighted by atomic mass is 9.90. The fourth-order valence-corrected chi connectivity index (χ4v) is 3.10. The van der Waals surface area contributed by atoms with Gasteiger partial charge in [0.05, 0.1) is 23.1 Å². The molecule has 138 valence electrons. The van der Waals surface area contributed by atoms with Crippen LogP contribution in [0.4, 0.5) is 0 Å². The van der Waals surface area contributed by atoms with E-state index in [1.807, 2.05) is 49.7 Å². The summed E-state index contributed by atoms with van der Waals surface area (Å²) in [6.45, 7) is 10.6. The Balaban J connectivity index is 0.00000312. The van der Waals surface area contributed by atoms with E-state index in [2.05, 4.69) is 24.3 Å². The van der Waals surface area contributed by atoms with Crippen LogP contribution < -0.4 is 11.1 Å². The lowest BCUT2D eigenvalue weighted by Gasteiger charge is -2.31. The Morgan fingerprint density at radius 2 is 1.96 bits per heavy atom. The summed E-state index contributed by atoms with van der Waals surface area (Å²) in [4.78, 5) is 12.7. The smallest absolute Gasteiger partial charge is 0.255 e. The van der Waals surface area contributed by atoms with Crippen LogP contribution in [0.1, 0.15) is 48.8 Å². The lowest BCUT2D eigenvalue weighted by Crippen LogP contribution is -2.52. The van der Waals surface area contributed by atoms with Gasteiger partial charge < -0.3 is 11.1 Å². The van der Waals surface area contributed by atoms with E-state index in [-0.39, 0.29) is 18.3 Å². The first-order valence-corrected chi connectivity index (χ1v) is 8.40. The highest BCUT2D eigenvalue weighted by atomic mass is 35.5. The predicted molar refractivity (Wildman–Crippen MR) is 105 cm³/mol. The van der Waals surface area contributed by atoms with Crippen molar-refractivity contribution in [3.63, 3.8) is 0 Å². The molecule has 0 saturated heterocycles. The molecule has 3 N–H and O–H groups in total. The Bertz CT molecular complexity index is 726. The van der Waals surface area contributed by atoms with Crippen LogP contribution in [0.3, 0.4) is 0 Å². The second kappa shape index (κ2) is 8.50. The summed E-state index contributed by atoms with van der Waals surface area (Å²) in [7, 11) is 0. The van der Waals surface area contributed by atoms with E-state index in [4.69, 9.17) is 5.73 Å². The summed E-state index contributed by atoms with van der Waals surface area (Å²) >= 11 is 0. The SMILES string of the molecule is Cc1ccccc1-n1ncc(C(=O)NC(C)(CN)CC(C)C)c1C.Cl. The monoisotopic (exact) mass is 364 g/mol. The number of para-hydroxylation sites is 1. The van der Waals surface area contributed by atoms with Crippen LogP contribution >= 0.6 is 12.4 Å². The number of hydrogen-bond acceptors (Lipinski definition) is 3. The molecular weight excluding hydrogens is 336 g/mol. The maximum Gasteiger partial charge on any atom is 0.255 e. The zero-order valence-corrected chi connectivity index (χ0v) is 16.5. The molecule has 0 saturated carbocycles. The van der Waals surface area contributed by atoms with Gasteiger partial charge in [-0.25, -0.2) is 4.68 Å². The number of amides is 1. The first kappa shape index (κ1) is 21.2. The summed E-state index contributed by atoms with van der Waals surface area (Å²) in [5.41, 5.74) is 8.99. The molecule has 0 aliphatic heterocycles. The van der Waals surface area contributed by atoms with E-state index in [1.165, 1.54) is 0 Å². The molecule has 2 aromatic rings. The van der Waals surface area contributed by atoms with Gasteiger partial charge >= 0.3 is 0 Å². The highest BCUT2D eigenvalue weighted by Crippen LogP contribution is 2.20. The van der Waals surface area contributed by atoms with Gasteiger partial charge in [-0.2, -0.15) is 5.10 Å². The van der Waals surface area contributed by atoms with Crippen LogP contribution in [0, 0.1) is 19.8 Å². The number of benzene rings is 1. The van der Waals surface area contributed by atoms with Crippen molar-refractivity contribution in [1.82, 2.24) is 15.1 Å². The van der Waals surface area contributed by atoms with Gasteiger partial charge in [-0.3, -0.25) is 4.79 Å². The first-order valence-electron chi connectivity index (χ1n) is 8.40. The predicted octanol–water partition coefficient (Wildman–Crippen LogP) is 3.40. The third-order valence-corrected chi connectivity index (χ3v) is 4.32. The summed E-state index contributed by atoms with van der Waals surface area (Å²) in [6, 6.07) is 7.99. The average molecular weight is 365 g/mol. The molecule has 1 aromatic carbocycles. The largest absolute Gasteiger partial charge is 0.345 e. The zero-order chi connectivity index (χ0) is 17.9. The number of hydrogen-bond donors (Lipinski definition) is 2. The molecule has 1 amide bonds. The second-order valence-corrected chi connectivity index (χ2v) is 7.16. The molecule has 1 atom stereocenters. The second-order valence-electron chi connectivity index (χ2n) is 7.16. The van der Waals surface area contributed by atoms with Crippen molar-refractivity contribution in [3.05, 3.63) is 47.3 Å². The normalized spacial score (nSPS) is 13.2. The van der Waals surface area contributed by atoms with Gasteiger partial charge in [0.2, 0.25) is 0 Å². The number of aromatic nitrogens is 2. The Kier molecular flexibility index (Phi) is 7.20. The maximum atomic E-state index is 12.7. The first-order chi connectivity index (χ1) is 11.3. The Labute approximate surface area is 156 Å². The molecular formula is C19H29ClN4O. The minimum Gasteiger partial charge on any atom is -0.345 e. The summed E-state index contributed by atoms with van der Waals surface area (Å²) in [6.07, 6.45) is 2.46. The number of halogens is 1. The quantitative estimate of drug-likeness (QED) is 0.824. The third-order valence-electron chi connectivity index (χ3n) is 4.32. The van der Waals surface area contributed by atoms with Crippen molar-refractivity contribution in [3.8, 4) is 5.69 Å². The highest BCUT2D eigenvalue weighted by Gasteiger charge is 2.28. The molecule has 0 aliphatic rings. The average Bonchev–Trinajstić information content (AvgIpc) is 2.88. The number of carbonyl (C=O) groups is 1. The van der Waals surface area contributed by atoms with Crippen LogP contribution in [0.15, 0.2) is 30.5 Å². The van der Waals surface area contributed by atoms with Gasteiger partial charge in [-0.15, -0.1) is 12.4 Å². The minimum atomic E-state index is -0.414. The minimum absolute atomic E-state index is 0. The lowest BCUT2D eigenvalue weighted by molar-refractivity contribution is 0.0897. The van der Waals surface area contributed by atoms with Crippen LogP contribution in [0.2, 0.25) is 0 Å². The fourth-order valence-electron chi connectivity index (χ4n) is 3.10. The molecule has 0 bridgehead atoms. The number of nitrogens with one attached hydrogen (secondary N) is 1. The van der Waals surface area contributed by atoms with E-state index < -0.39 is 5.54 Å². The molecule has 1 unspecified atom stereocenters. The van der Waals surface area contributed by atoms with Crippen LogP contribution in [0.25, 0.3) is 5.69 Å². The van der Waals surface area contributed by atoms with E-state index in [1.54, 1.807) is 6.20 Å². The van der Waals surface area contributed by atoms with E-state index in [9.17, 15) is 4.79 Å². The maximum absolute atomic E-state index is 12.7. The van der Waals surface area contributed by atoms with Crippen LogP contribution in [-0.4, -0.2) is 27.8 Å². The summed E-state index contributed by atoms with van der Waals surface area (Å²) in [5, 5.41) is 7.50. The topological polar surface area (TPSA) is 72.9 Å². The molecule has 25 heavy (non-hydrogen) atoms. The Morgan fingerprint density at radius 3 is 2.52 bits per heavy atom. The van der Waals surface area contributed by atoms with E-state index in [0.29, 0.717) is 18.0 Å². The Morgan fingerprint density at radius 1 is 1.32 bits per heavy atom. The number of aryl methyl sites for hydroxylation is 1. The summed E-state index contributed by atoms with van der Waals surface area (Å²) in [5.74, 6) is 0.329. The van der Waals surface area contributed by atoms with Crippen molar-refractivity contribution in [2.75, 3.05) is 6.54 Å². The number of carbonyl (C=O) groups excluding carboxylic acids is 1. The van der Waals surface area contributed by atoms with Crippen molar-refractivity contribution < 1.29 is 4.79 Å². The number of rotatable bonds is 6. The third kappa shape index (κ3) is 4.83. The highest BCUT2D eigenvalue weighted by molar-refractivity contribution is 5.95. The number of nitrogens with two attached hydrogens (primary N) is 1. The fraction of sp³-hybridized carbons (Fsp3) is 0.474. The molecule has 1 heterocycles. The van der Waals surface area contributed by atoms with Gasteiger partial charge in [0.15, 0.2) is 0 Å². The molecule has 0 radical (unpaired) electrons. The van der Waals surface area contributed by atoms with Gasteiger partial charge in [0.25, 0.3) is 5.91 Å². The summed E-state index contributed by atoms with van der Waals surface area (Å²) < 4.78 is 1.81. The molecule has 2 rings (SSSR count). The molecule has 5 nitrogen and oxygen atoms in total.